The highest BCUT2D eigenvalue weighted by atomic mass is 16.4. The standard InChI is InChI=1S/C29H30N2O/c1-19-15-16-21-11-7-8-12-24(21)31(19)26-18-22(29(3,4)5)17-23(20(26)2)28-30(6)25-13-9-10-14-27(25)32-28/h7-18H,1-6H3/q+2. The zero-order chi connectivity index (χ0) is 22.6. The second-order valence-electron chi connectivity index (χ2n) is 9.72. The minimum absolute atomic E-state index is 0.000829. The highest BCUT2D eigenvalue weighted by Gasteiger charge is 2.30. The van der Waals surface area contributed by atoms with Crippen LogP contribution in [0.3, 0.4) is 0 Å². The SMILES string of the molecule is Cc1c(-c2oc3ccccc3[n+]2C)cc(C(C)(C)C)cc1-[n+]1c(C)ccc2ccccc21. The highest BCUT2D eigenvalue weighted by Crippen LogP contribution is 2.34. The Balaban J connectivity index is 1.88. The van der Waals surface area contributed by atoms with Crippen LogP contribution in [0.15, 0.2) is 77.2 Å². The first-order valence-corrected chi connectivity index (χ1v) is 11.2. The molecule has 0 unspecified atom stereocenters. The predicted octanol–water partition coefficient (Wildman–Crippen LogP) is 6.27. The van der Waals surface area contributed by atoms with Crippen molar-refractivity contribution in [2.24, 2.45) is 7.05 Å². The van der Waals surface area contributed by atoms with Gasteiger partial charge in [0, 0.05) is 42.1 Å². The van der Waals surface area contributed by atoms with Gasteiger partial charge in [-0.2, -0.15) is 9.13 Å². The second-order valence-corrected chi connectivity index (χ2v) is 9.72. The molecule has 0 spiro atoms. The lowest BCUT2D eigenvalue weighted by atomic mass is 9.84. The van der Waals surface area contributed by atoms with Gasteiger partial charge in [-0.25, -0.2) is 0 Å². The van der Waals surface area contributed by atoms with Crippen molar-refractivity contribution in [2.45, 2.75) is 40.0 Å². The molecule has 0 fully saturated rings. The summed E-state index contributed by atoms with van der Waals surface area (Å²) in [7, 11) is 2.08. The topological polar surface area (TPSA) is 20.9 Å². The maximum absolute atomic E-state index is 6.40. The van der Waals surface area contributed by atoms with Gasteiger partial charge in [0.05, 0.1) is 5.56 Å². The van der Waals surface area contributed by atoms with Crippen LogP contribution in [0.2, 0.25) is 0 Å². The van der Waals surface area contributed by atoms with E-state index >= 15 is 0 Å². The number of benzene rings is 3. The first-order valence-electron chi connectivity index (χ1n) is 11.2. The van der Waals surface area contributed by atoms with Crippen LogP contribution in [-0.2, 0) is 12.5 Å². The molecular weight excluding hydrogens is 392 g/mol. The zero-order valence-electron chi connectivity index (χ0n) is 19.7. The lowest BCUT2D eigenvalue weighted by molar-refractivity contribution is -0.637. The van der Waals surface area contributed by atoms with Crippen LogP contribution in [-0.4, -0.2) is 0 Å². The number of para-hydroxylation sites is 3. The third kappa shape index (κ3) is 3.20. The Bertz CT molecular complexity index is 1490. The van der Waals surface area contributed by atoms with Crippen molar-refractivity contribution in [3.63, 3.8) is 0 Å². The van der Waals surface area contributed by atoms with Gasteiger partial charge in [-0.3, -0.25) is 0 Å². The van der Waals surface area contributed by atoms with E-state index in [9.17, 15) is 0 Å². The van der Waals surface area contributed by atoms with Crippen LogP contribution in [0.4, 0.5) is 0 Å². The number of hydrogen-bond acceptors (Lipinski definition) is 1. The first kappa shape index (κ1) is 20.4. The zero-order valence-corrected chi connectivity index (χ0v) is 19.7. The van der Waals surface area contributed by atoms with Gasteiger partial charge < -0.3 is 4.42 Å². The summed E-state index contributed by atoms with van der Waals surface area (Å²) < 4.78 is 10.9. The summed E-state index contributed by atoms with van der Waals surface area (Å²) in [5.74, 6) is 0.884. The van der Waals surface area contributed by atoms with Crippen molar-refractivity contribution in [2.75, 3.05) is 0 Å². The fraction of sp³-hybridized carbons (Fsp3) is 0.241. The molecule has 0 atom stereocenters. The number of nitrogens with zero attached hydrogens (tertiary/aromatic N) is 2. The van der Waals surface area contributed by atoms with E-state index in [4.69, 9.17) is 4.42 Å². The molecule has 3 aromatic carbocycles. The van der Waals surface area contributed by atoms with E-state index < -0.39 is 0 Å². The maximum atomic E-state index is 6.40. The van der Waals surface area contributed by atoms with Crippen molar-refractivity contribution in [3.05, 3.63) is 89.6 Å². The molecule has 2 aromatic heterocycles. The molecule has 0 aliphatic heterocycles. The van der Waals surface area contributed by atoms with E-state index in [1.54, 1.807) is 0 Å². The van der Waals surface area contributed by atoms with E-state index in [1.165, 1.54) is 33.4 Å². The molecule has 0 bridgehead atoms. The minimum atomic E-state index is 0.000829. The van der Waals surface area contributed by atoms with Crippen LogP contribution in [0.5, 0.6) is 0 Å². The number of aryl methyl sites for hydroxylation is 2. The molecule has 0 saturated heterocycles. The molecular formula is C29H30N2O+2. The van der Waals surface area contributed by atoms with E-state index in [0.29, 0.717) is 0 Å². The normalized spacial score (nSPS) is 12.1. The Hall–Kier alpha value is -3.46. The summed E-state index contributed by atoms with van der Waals surface area (Å²) in [5.41, 5.74) is 9.23. The molecule has 3 heteroatoms. The lowest BCUT2D eigenvalue weighted by Crippen LogP contribution is -2.37. The Kier molecular flexibility index (Phi) is 4.67. The van der Waals surface area contributed by atoms with Gasteiger partial charge >= 0.3 is 5.89 Å². The minimum Gasteiger partial charge on any atom is -0.398 e. The lowest BCUT2D eigenvalue weighted by Gasteiger charge is -2.21. The molecule has 2 heterocycles. The van der Waals surface area contributed by atoms with Crippen LogP contribution in [0.25, 0.3) is 39.1 Å². The van der Waals surface area contributed by atoms with Crippen molar-refractivity contribution in [1.82, 2.24) is 0 Å². The Morgan fingerprint density at radius 2 is 1.47 bits per heavy atom. The fourth-order valence-corrected chi connectivity index (χ4v) is 4.55. The largest absolute Gasteiger partial charge is 0.398 e. The van der Waals surface area contributed by atoms with Crippen molar-refractivity contribution < 1.29 is 13.6 Å². The summed E-state index contributed by atoms with van der Waals surface area (Å²) in [6, 6.07) is 25.9. The van der Waals surface area contributed by atoms with E-state index in [1.807, 2.05) is 12.1 Å². The van der Waals surface area contributed by atoms with Gasteiger partial charge in [0.2, 0.25) is 16.8 Å². The molecule has 0 N–H and O–H groups in total. The molecule has 5 aromatic rings. The molecule has 5 rings (SSSR count). The number of oxazole rings is 1. The molecule has 0 amide bonds. The summed E-state index contributed by atoms with van der Waals surface area (Å²) in [4.78, 5) is 0. The van der Waals surface area contributed by atoms with Gasteiger partial charge in [-0.1, -0.05) is 45.0 Å². The van der Waals surface area contributed by atoms with Crippen LogP contribution >= 0.6 is 0 Å². The quantitative estimate of drug-likeness (QED) is 0.307. The highest BCUT2D eigenvalue weighted by molar-refractivity contribution is 5.77. The average molecular weight is 423 g/mol. The van der Waals surface area contributed by atoms with Crippen molar-refractivity contribution in [1.29, 1.82) is 0 Å². The number of rotatable bonds is 2. The summed E-state index contributed by atoms with van der Waals surface area (Å²) in [6.45, 7) is 11.2. The number of fused-ring (bicyclic) bond motifs is 2. The number of hydrogen-bond donors (Lipinski definition) is 0. The summed E-state index contributed by atoms with van der Waals surface area (Å²) >= 11 is 0. The average Bonchev–Trinajstić information content (AvgIpc) is 3.10. The Morgan fingerprint density at radius 3 is 2.19 bits per heavy atom. The van der Waals surface area contributed by atoms with E-state index in [2.05, 4.69) is 111 Å². The Labute approximate surface area is 189 Å². The first-order chi connectivity index (χ1) is 15.3. The summed E-state index contributed by atoms with van der Waals surface area (Å²) in [5, 5.41) is 1.23. The summed E-state index contributed by atoms with van der Waals surface area (Å²) in [6.07, 6.45) is 0. The van der Waals surface area contributed by atoms with E-state index in [-0.39, 0.29) is 5.41 Å². The third-order valence-corrected chi connectivity index (χ3v) is 6.49. The molecule has 160 valence electrons. The molecule has 32 heavy (non-hydrogen) atoms. The molecule has 0 aliphatic carbocycles. The van der Waals surface area contributed by atoms with Gasteiger partial charge in [0.25, 0.3) is 5.52 Å². The Morgan fingerprint density at radius 1 is 0.781 bits per heavy atom. The molecule has 0 saturated carbocycles. The van der Waals surface area contributed by atoms with Crippen LogP contribution in [0, 0.1) is 13.8 Å². The predicted molar refractivity (Wildman–Crippen MR) is 130 cm³/mol. The number of pyridine rings is 1. The maximum Gasteiger partial charge on any atom is 0.381 e. The van der Waals surface area contributed by atoms with Crippen LogP contribution in [0.1, 0.15) is 37.6 Å². The molecule has 0 aliphatic rings. The molecule has 3 nitrogen and oxygen atoms in total. The van der Waals surface area contributed by atoms with Crippen molar-refractivity contribution in [3.8, 4) is 17.1 Å². The van der Waals surface area contributed by atoms with Gasteiger partial charge in [0.15, 0.2) is 5.69 Å². The van der Waals surface area contributed by atoms with Crippen molar-refractivity contribution >= 4 is 22.0 Å². The van der Waals surface area contributed by atoms with Crippen LogP contribution < -0.4 is 9.13 Å². The van der Waals surface area contributed by atoms with Gasteiger partial charge in [0.1, 0.15) is 7.05 Å². The fourth-order valence-electron chi connectivity index (χ4n) is 4.55. The number of aromatic nitrogens is 2. The second kappa shape index (κ2) is 7.30. The van der Waals surface area contributed by atoms with Gasteiger partial charge in [-0.05, 0) is 42.2 Å². The van der Waals surface area contributed by atoms with E-state index in [0.717, 1.165) is 22.6 Å². The third-order valence-electron chi connectivity index (χ3n) is 6.49. The molecule has 0 radical (unpaired) electrons. The van der Waals surface area contributed by atoms with Gasteiger partial charge in [-0.15, -0.1) is 0 Å². The monoisotopic (exact) mass is 422 g/mol. The smallest absolute Gasteiger partial charge is 0.381 e.